The predicted octanol–water partition coefficient (Wildman–Crippen LogP) is 5.83. The van der Waals surface area contributed by atoms with Gasteiger partial charge in [0.1, 0.15) is 11.0 Å². The minimum Gasteiger partial charge on any atom is -0.354 e. The molecule has 0 spiro atoms. The van der Waals surface area contributed by atoms with E-state index < -0.39 is 11.8 Å². The normalized spacial score (nSPS) is 19.7. The molecule has 0 unspecified atom stereocenters. The van der Waals surface area contributed by atoms with E-state index in [1.807, 2.05) is 34.1 Å². The van der Waals surface area contributed by atoms with E-state index in [0.29, 0.717) is 38.2 Å². The molecule has 0 bridgehead atoms. The zero-order valence-electron chi connectivity index (χ0n) is 17.6. The first-order valence-corrected chi connectivity index (χ1v) is 12.2. The van der Waals surface area contributed by atoms with Crippen LogP contribution in [0, 0.1) is 5.92 Å². The molecule has 9 heteroatoms. The number of carbonyl (C=O) groups is 1. The van der Waals surface area contributed by atoms with Crippen LogP contribution in [-0.2, 0) is 10.7 Å². The minimum atomic E-state index is -2.84. The second-order valence-corrected chi connectivity index (χ2v) is 10.1. The summed E-state index contributed by atoms with van der Waals surface area (Å²) >= 11 is 7.77. The monoisotopic (exact) mass is 494 g/mol. The average Bonchev–Trinajstić information content (AvgIpc) is 3.57. The van der Waals surface area contributed by atoms with E-state index >= 15 is 0 Å². The number of rotatable bonds is 6. The van der Waals surface area contributed by atoms with E-state index in [2.05, 4.69) is 9.29 Å². The van der Waals surface area contributed by atoms with E-state index in [-0.39, 0.29) is 24.1 Å². The summed E-state index contributed by atoms with van der Waals surface area (Å²) in [4.78, 5) is 21.2. The van der Waals surface area contributed by atoms with Crippen molar-refractivity contribution in [3.63, 3.8) is 0 Å². The third-order valence-corrected chi connectivity index (χ3v) is 7.57. The van der Waals surface area contributed by atoms with Crippen molar-refractivity contribution in [1.29, 1.82) is 0 Å². The molecule has 0 atom stereocenters. The highest BCUT2D eigenvalue weighted by Crippen LogP contribution is 2.50. The number of amides is 1. The number of nitrogens with zero attached hydrogens (tertiary/aromatic N) is 4. The standard InChI is InChI=1S/C23H25ClF2N4OS.CH4/c24-20-14-17(23(25,26)16-3-4-16)15-21(27-20)28-10-12-29(13-11-28)32-19-7-5-18(6-8-19)30-9-1-2-22(30)31;/h5-8,14-16H,1-4,9-13H2;1H4. The van der Waals surface area contributed by atoms with Crippen molar-refractivity contribution in [2.75, 3.05) is 42.5 Å². The molecule has 1 aliphatic carbocycles. The predicted molar refractivity (Wildman–Crippen MR) is 130 cm³/mol. The van der Waals surface area contributed by atoms with E-state index in [1.165, 1.54) is 12.1 Å². The van der Waals surface area contributed by atoms with Gasteiger partial charge in [0.15, 0.2) is 0 Å². The van der Waals surface area contributed by atoms with Crippen molar-refractivity contribution in [2.45, 2.75) is 43.9 Å². The zero-order chi connectivity index (χ0) is 22.3. The Hall–Kier alpha value is -1.90. The molecule has 178 valence electrons. The Morgan fingerprint density at radius 3 is 2.33 bits per heavy atom. The summed E-state index contributed by atoms with van der Waals surface area (Å²) in [5, 5.41) is 0.117. The highest BCUT2D eigenvalue weighted by Gasteiger charge is 2.48. The number of carbonyl (C=O) groups excluding carboxylic acids is 1. The summed E-state index contributed by atoms with van der Waals surface area (Å²) < 4.78 is 31.4. The summed E-state index contributed by atoms with van der Waals surface area (Å²) in [7, 11) is 0. The molecular formula is C24H29ClF2N4OS. The lowest BCUT2D eigenvalue weighted by Crippen LogP contribution is -2.43. The molecule has 1 saturated carbocycles. The summed E-state index contributed by atoms with van der Waals surface area (Å²) in [6, 6.07) is 10.9. The van der Waals surface area contributed by atoms with Gasteiger partial charge in [-0.3, -0.25) is 4.79 Å². The van der Waals surface area contributed by atoms with Gasteiger partial charge in [-0.1, -0.05) is 19.0 Å². The van der Waals surface area contributed by atoms with Gasteiger partial charge in [-0.25, -0.2) is 18.1 Å². The quantitative estimate of drug-likeness (QED) is 0.373. The van der Waals surface area contributed by atoms with Crippen LogP contribution in [0.5, 0.6) is 0 Å². The number of anilines is 2. The molecule has 5 rings (SSSR count). The van der Waals surface area contributed by atoms with Gasteiger partial charge in [-0.15, -0.1) is 0 Å². The van der Waals surface area contributed by atoms with E-state index in [0.717, 1.165) is 36.6 Å². The molecular weight excluding hydrogens is 466 g/mol. The van der Waals surface area contributed by atoms with Crippen LogP contribution in [0.2, 0.25) is 5.15 Å². The van der Waals surface area contributed by atoms with Gasteiger partial charge in [0.05, 0.1) is 0 Å². The minimum absolute atomic E-state index is 0. The maximum absolute atomic E-state index is 14.6. The molecule has 1 amide bonds. The summed E-state index contributed by atoms with van der Waals surface area (Å²) in [6.07, 6.45) is 2.67. The summed E-state index contributed by atoms with van der Waals surface area (Å²) in [5.74, 6) is -2.70. The fourth-order valence-corrected chi connectivity index (χ4v) is 5.39. The lowest BCUT2D eigenvalue weighted by atomic mass is 10.1. The smallest absolute Gasteiger partial charge is 0.276 e. The number of benzene rings is 1. The van der Waals surface area contributed by atoms with Gasteiger partial charge >= 0.3 is 0 Å². The first-order valence-electron chi connectivity index (χ1n) is 11.0. The van der Waals surface area contributed by atoms with Crippen LogP contribution in [0.4, 0.5) is 20.3 Å². The molecule has 5 nitrogen and oxygen atoms in total. The first kappa shape index (κ1) is 24.2. The summed E-state index contributed by atoms with van der Waals surface area (Å²) in [6.45, 7) is 3.72. The number of aromatic nitrogens is 1. The molecule has 1 aromatic carbocycles. The van der Waals surface area contributed by atoms with Crippen molar-refractivity contribution in [2.24, 2.45) is 5.92 Å². The van der Waals surface area contributed by atoms with E-state index in [1.54, 1.807) is 11.9 Å². The maximum atomic E-state index is 14.6. The Morgan fingerprint density at radius 2 is 1.73 bits per heavy atom. The fourth-order valence-electron chi connectivity index (χ4n) is 4.28. The molecule has 0 radical (unpaired) electrons. The molecule has 2 saturated heterocycles. The van der Waals surface area contributed by atoms with Crippen molar-refractivity contribution < 1.29 is 13.6 Å². The number of hydrogen-bond donors (Lipinski definition) is 0. The van der Waals surface area contributed by atoms with Crippen molar-refractivity contribution in [3.8, 4) is 0 Å². The van der Waals surface area contributed by atoms with Gasteiger partial charge in [-0.2, -0.15) is 0 Å². The van der Waals surface area contributed by atoms with Crippen LogP contribution in [0.3, 0.4) is 0 Å². The molecule has 33 heavy (non-hydrogen) atoms. The van der Waals surface area contributed by atoms with Crippen LogP contribution in [0.25, 0.3) is 0 Å². The molecule has 2 aliphatic heterocycles. The Labute approximate surface area is 203 Å². The van der Waals surface area contributed by atoms with Crippen LogP contribution in [-0.4, -0.2) is 47.9 Å². The molecule has 1 aromatic heterocycles. The Morgan fingerprint density at radius 1 is 1.03 bits per heavy atom. The SMILES string of the molecule is C.O=C1CCCN1c1ccc(SN2CCN(c3cc(C(F)(F)C4CC4)cc(Cl)n3)CC2)cc1. The first-order chi connectivity index (χ1) is 15.4. The van der Waals surface area contributed by atoms with Crippen molar-refractivity contribution >= 4 is 41.0 Å². The largest absolute Gasteiger partial charge is 0.354 e. The average molecular weight is 495 g/mol. The molecule has 3 fully saturated rings. The number of hydrogen-bond acceptors (Lipinski definition) is 5. The van der Waals surface area contributed by atoms with Gasteiger partial charge in [0, 0.05) is 61.2 Å². The molecule has 2 aromatic rings. The third-order valence-electron chi connectivity index (χ3n) is 6.27. The lowest BCUT2D eigenvalue weighted by Gasteiger charge is -2.35. The van der Waals surface area contributed by atoms with Crippen LogP contribution < -0.4 is 9.80 Å². The Bertz CT molecular complexity index is 994. The van der Waals surface area contributed by atoms with E-state index in [4.69, 9.17) is 11.6 Å². The van der Waals surface area contributed by atoms with E-state index in [9.17, 15) is 13.6 Å². The number of halogens is 3. The second-order valence-electron chi connectivity index (χ2n) is 8.58. The highest BCUT2D eigenvalue weighted by molar-refractivity contribution is 7.97. The molecule has 3 heterocycles. The van der Waals surface area contributed by atoms with Crippen molar-refractivity contribution in [3.05, 3.63) is 47.1 Å². The maximum Gasteiger partial charge on any atom is 0.276 e. The third kappa shape index (κ3) is 5.28. The number of piperazine rings is 1. The van der Waals surface area contributed by atoms with Crippen LogP contribution in [0.15, 0.2) is 41.3 Å². The van der Waals surface area contributed by atoms with Gasteiger partial charge in [0.25, 0.3) is 5.92 Å². The topological polar surface area (TPSA) is 39.7 Å². The van der Waals surface area contributed by atoms with Gasteiger partial charge < -0.3 is 9.80 Å². The summed E-state index contributed by atoms with van der Waals surface area (Å²) in [5.41, 5.74) is 0.927. The van der Waals surface area contributed by atoms with Crippen LogP contribution >= 0.6 is 23.5 Å². The fraction of sp³-hybridized carbons (Fsp3) is 0.500. The lowest BCUT2D eigenvalue weighted by molar-refractivity contribution is -0.117. The molecule has 0 N–H and O–H groups in total. The second kappa shape index (κ2) is 9.76. The Kier molecular flexibility index (Phi) is 7.17. The number of pyridine rings is 1. The van der Waals surface area contributed by atoms with Gasteiger partial charge in [-0.05, 0) is 67.6 Å². The highest BCUT2D eigenvalue weighted by atomic mass is 35.5. The Balaban J connectivity index is 0.00000259. The van der Waals surface area contributed by atoms with Crippen LogP contribution in [0.1, 0.15) is 38.7 Å². The van der Waals surface area contributed by atoms with Crippen molar-refractivity contribution in [1.82, 2.24) is 9.29 Å². The van der Waals surface area contributed by atoms with Gasteiger partial charge in [0.2, 0.25) is 5.91 Å². The number of alkyl halides is 2. The molecule has 3 aliphatic rings. The zero-order valence-corrected chi connectivity index (χ0v) is 19.2.